The van der Waals surface area contributed by atoms with Gasteiger partial charge >= 0.3 is 11.7 Å². The zero-order valence-corrected chi connectivity index (χ0v) is 15.3. The van der Waals surface area contributed by atoms with Crippen LogP contribution in [0.25, 0.3) is 0 Å². The third-order valence-electron chi connectivity index (χ3n) is 4.75. The molecule has 3 rings (SSSR count). The minimum Gasteiger partial charge on any atom is -0.460 e. The molecule has 2 aromatic rings. The van der Waals surface area contributed by atoms with Crippen LogP contribution < -0.4 is 11.5 Å². The molecule has 1 aliphatic heterocycles. The highest BCUT2D eigenvalue weighted by Gasteiger charge is 2.22. The van der Waals surface area contributed by atoms with Gasteiger partial charge in [0.15, 0.2) is 5.82 Å². The van der Waals surface area contributed by atoms with Gasteiger partial charge in [0, 0.05) is 12.5 Å². The number of ether oxygens (including phenoxy) is 1. The first-order valence-electron chi connectivity index (χ1n) is 9.33. The van der Waals surface area contributed by atoms with Crippen molar-refractivity contribution in [3.05, 3.63) is 64.4 Å². The summed E-state index contributed by atoms with van der Waals surface area (Å²) in [5, 5.41) is 3.86. The molecule has 0 aliphatic carbocycles. The average Bonchev–Trinajstić information content (AvgIpc) is 2.93. The van der Waals surface area contributed by atoms with Crippen LogP contribution in [0.2, 0.25) is 0 Å². The lowest BCUT2D eigenvalue weighted by atomic mass is 10.1. The van der Waals surface area contributed by atoms with E-state index < -0.39 is 17.8 Å². The maximum absolute atomic E-state index is 12.0. The summed E-state index contributed by atoms with van der Waals surface area (Å²) in [5.41, 5.74) is 6.83. The third kappa shape index (κ3) is 5.17. The molecular weight excluding hydrogens is 346 g/mol. The van der Waals surface area contributed by atoms with Crippen LogP contribution in [-0.4, -0.2) is 21.7 Å². The van der Waals surface area contributed by atoms with E-state index in [0.29, 0.717) is 12.8 Å². The number of nitrogens with zero attached hydrogens (tertiary/aromatic N) is 2. The van der Waals surface area contributed by atoms with E-state index in [2.05, 4.69) is 5.16 Å². The van der Waals surface area contributed by atoms with Crippen LogP contribution in [0.5, 0.6) is 0 Å². The smallest absolute Gasteiger partial charge is 0.441 e. The topological polar surface area (TPSA) is 100 Å². The number of aromatic nitrogens is 2. The molecule has 2 N–H and O–H groups in total. The van der Waals surface area contributed by atoms with E-state index in [4.69, 9.17) is 15.0 Å². The quantitative estimate of drug-likeness (QED) is 0.593. The Kier molecular flexibility index (Phi) is 6.59. The second-order valence-electron chi connectivity index (χ2n) is 6.78. The number of benzene rings is 1. The Balaban J connectivity index is 1.47. The summed E-state index contributed by atoms with van der Waals surface area (Å²) in [6, 6.07) is 8.83. The van der Waals surface area contributed by atoms with E-state index in [1.807, 2.05) is 42.5 Å². The van der Waals surface area contributed by atoms with Crippen molar-refractivity contribution in [2.45, 2.75) is 57.2 Å². The highest BCUT2D eigenvalue weighted by molar-refractivity contribution is 5.75. The van der Waals surface area contributed by atoms with Gasteiger partial charge < -0.3 is 10.5 Å². The van der Waals surface area contributed by atoms with Gasteiger partial charge in [-0.2, -0.15) is 0 Å². The zero-order valence-electron chi connectivity index (χ0n) is 15.3. The van der Waals surface area contributed by atoms with Gasteiger partial charge in [-0.1, -0.05) is 54.1 Å². The van der Waals surface area contributed by atoms with Crippen LogP contribution in [0.1, 0.15) is 49.5 Å². The predicted molar refractivity (Wildman–Crippen MR) is 99.9 cm³/mol. The lowest BCUT2D eigenvalue weighted by molar-refractivity contribution is -0.146. The average molecular weight is 371 g/mol. The van der Waals surface area contributed by atoms with Gasteiger partial charge in [0.1, 0.15) is 12.6 Å². The van der Waals surface area contributed by atoms with Gasteiger partial charge in [0.2, 0.25) is 0 Å². The summed E-state index contributed by atoms with van der Waals surface area (Å²) in [7, 11) is 0. The Hall–Kier alpha value is -2.67. The molecule has 0 bridgehead atoms. The number of hydrogen-bond acceptors (Lipinski definition) is 6. The molecule has 0 amide bonds. The molecule has 0 saturated heterocycles. The van der Waals surface area contributed by atoms with E-state index in [1.54, 1.807) is 4.57 Å². The number of fused-ring (bicyclic) bond motifs is 1. The molecule has 0 saturated carbocycles. The molecule has 0 radical (unpaired) electrons. The maximum Gasteiger partial charge on any atom is 0.441 e. The Morgan fingerprint density at radius 1 is 1.33 bits per heavy atom. The molecular formula is C20H25N3O4. The number of carbonyl (C=O) groups excluding carboxylic acids is 1. The summed E-state index contributed by atoms with van der Waals surface area (Å²) >= 11 is 0. The Labute approximate surface area is 157 Å². The van der Waals surface area contributed by atoms with E-state index in [0.717, 1.165) is 37.1 Å². The van der Waals surface area contributed by atoms with Crippen molar-refractivity contribution in [3.8, 4) is 0 Å². The van der Waals surface area contributed by atoms with E-state index >= 15 is 0 Å². The first-order valence-corrected chi connectivity index (χ1v) is 9.33. The maximum atomic E-state index is 12.0. The van der Waals surface area contributed by atoms with Crippen molar-refractivity contribution < 1.29 is 14.1 Å². The predicted octanol–water partition coefficient (Wildman–Crippen LogP) is 2.51. The van der Waals surface area contributed by atoms with E-state index in [1.165, 1.54) is 0 Å². The minimum absolute atomic E-state index is 0.0405. The van der Waals surface area contributed by atoms with Crippen LogP contribution in [0.4, 0.5) is 0 Å². The van der Waals surface area contributed by atoms with Crippen molar-refractivity contribution in [2.75, 3.05) is 0 Å². The molecule has 1 aliphatic rings. The minimum atomic E-state index is -0.701. The number of allylic oxidation sites excluding steroid dienone is 1. The van der Waals surface area contributed by atoms with Crippen molar-refractivity contribution in [1.29, 1.82) is 0 Å². The molecule has 1 aromatic heterocycles. The van der Waals surface area contributed by atoms with Crippen molar-refractivity contribution in [1.82, 2.24) is 9.72 Å². The second-order valence-corrected chi connectivity index (χ2v) is 6.78. The summed E-state index contributed by atoms with van der Waals surface area (Å²) in [6.07, 6.45) is 8.64. The molecule has 7 heteroatoms. The normalized spacial score (nSPS) is 18.0. The lowest BCUT2D eigenvalue weighted by Gasteiger charge is -2.13. The molecule has 2 heterocycles. The SMILES string of the molecule is N[C@@H](C/C=C\C[C@H]1CCCCc2noc(=O)n21)C(=O)OCc1ccccc1. The summed E-state index contributed by atoms with van der Waals surface area (Å²) in [6.45, 7) is 0.221. The zero-order chi connectivity index (χ0) is 19.1. The Bertz CT molecular complexity index is 825. The summed E-state index contributed by atoms with van der Waals surface area (Å²) in [4.78, 5) is 23.9. The van der Waals surface area contributed by atoms with Crippen LogP contribution in [-0.2, 0) is 22.6 Å². The molecule has 7 nitrogen and oxygen atoms in total. The van der Waals surface area contributed by atoms with Gasteiger partial charge in [0.25, 0.3) is 0 Å². The van der Waals surface area contributed by atoms with Crippen LogP contribution in [0.15, 0.2) is 51.8 Å². The number of rotatable bonds is 7. The largest absolute Gasteiger partial charge is 0.460 e. The molecule has 2 atom stereocenters. The molecule has 0 spiro atoms. The first-order chi connectivity index (χ1) is 13.1. The summed E-state index contributed by atoms with van der Waals surface area (Å²) < 4.78 is 11.7. The monoisotopic (exact) mass is 371 g/mol. The van der Waals surface area contributed by atoms with Crippen LogP contribution in [0.3, 0.4) is 0 Å². The van der Waals surface area contributed by atoms with Gasteiger partial charge in [-0.25, -0.2) is 4.79 Å². The van der Waals surface area contributed by atoms with Crippen LogP contribution in [0, 0.1) is 0 Å². The Morgan fingerprint density at radius 2 is 2.15 bits per heavy atom. The number of aryl methyl sites for hydroxylation is 1. The molecule has 0 unspecified atom stereocenters. The van der Waals surface area contributed by atoms with Crippen LogP contribution >= 0.6 is 0 Å². The summed E-state index contributed by atoms with van der Waals surface area (Å²) in [5.74, 6) is -0.0981. The highest BCUT2D eigenvalue weighted by atomic mass is 16.5. The van der Waals surface area contributed by atoms with Crippen molar-refractivity contribution in [3.63, 3.8) is 0 Å². The number of hydrogen-bond donors (Lipinski definition) is 1. The number of nitrogens with two attached hydrogens (primary N) is 1. The molecule has 1 aromatic carbocycles. The van der Waals surface area contributed by atoms with Crippen molar-refractivity contribution in [2.24, 2.45) is 5.73 Å². The fraction of sp³-hybridized carbons (Fsp3) is 0.450. The van der Waals surface area contributed by atoms with Crippen molar-refractivity contribution >= 4 is 5.97 Å². The van der Waals surface area contributed by atoms with Gasteiger partial charge in [0.05, 0.1) is 0 Å². The molecule has 0 fully saturated rings. The van der Waals surface area contributed by atoms with Gasteiger partial charge in [-0.15, -0.1) is 0 Å². The fourth-order valence-electron chi connectivity index (χ4n) is 3.25. The van der Waals surface area contributed by atoms with E-state index in [9.17, 15) is 9.59 Å². The number of esters is 1. The molecule has 27 heavy (non-hydrogen) atoms. The first kappa shape index (κ1) is 19.1. The Morgan fingerprint density at radius 3 is 2.96 bits per heavy atom. The lowest BCUT2D eigenvalue weighted by Crippen LogP contribution is -2.31. The standard InChI is InChI=1S/C20H25N3O4/c21-17(19(24)26-14-15-8-2-1-3-9-15)12-6-4-10-16-11-5-7-13-18-22-27-20(25)23(16)18/h1-4,6,8-9,16-17H,5,7,10-14,21H2/b6-4-/t16-,17-/m0/s1. The fourth-order valence-corrected chi connectivity index (χ4v) is 3.25. The van der Waals surface area contributed by atoms with Gasteiger partial charge in [-0.3, -0.25) is 13.9 Å². The molecule has 144 valence electrons. The third-order valence-corrected chi connectivity index (χ3v) is 4.75. The van der Waals surface area contributed by atoms with Gasteiger partial charge in [-0.05, 0) is 31.2 Å². The number of carbonyl (C=O) groups is 1. The second kappa shape index (κ2) is 9.32. The van der Waals surface area contributed by atoms with E-state index in [-0.39, 0.29) is 12.6 Å². The highest BCUT2D eigenvalue weighted by Crippen LogP contribution is 2.24.